The van der Waals surface area contributed by atoms with E-state index in [0.29, 0.717) is 6.54 Å². The molecule has 4 nitrogen and oxygen atoms in total. The summed E-state index contributed by atoms with van der Waals surface area (Å²) in [5, 5.41) is 4.03. The molecule has 0 bridgehead atoms. The summed E-state index contributed by atoms with van der Waals surface area (Å²) in [7, 11) is 0. The molecule has 100 valence electrons. The Bertz CT molecular complexity index is 698. The van der Waals surface area contributed by atoms with Crippen molar-refractivity contribution in [2.45, 2.75) is 34.2 Å². The van der Waals surface area contributed by atoms with Crippen LogP contribution in [0.4, 0.5) is 0 Å². The zero-order chi connectivity index (χ0) is 14.2. The van der Waals surface area contributed by atoms with E-state index in [0.717, 1.165) is 39.2 Å². The molecule has 0 saturated heterocycles. The van der Waals surface area contributed by atoms with E-state index in [4.69, 9.17) is 0 Å². The summed E-state index contributed by atoms with van der Waals surface area (Å²) in [4.78, 5) is 23.2. The van der Waals surface area contributed by atoms with Crippen LogP contribution in [0.3, 0.4) is 0 Å². The minimum absolute atomic E-state index is 0.0573. The number of hydrogen-bond acceptors (Lipinski definition) is 4. The number of benzene rings is 1. The maximum atomic E-state index is 11.7. The van der Waals surface area contributed by atoms with Gasteiger partial charge in [-0.1, -0.05) is 17.4 Å². The molecule has 1 aromatic heterocycles. The van der Waals surface area contributed by atoms with Crippen molar-refractivity contribution in [3.05, 3.63) is 49.1 Å². The summed E-state index contributed by atoms with van der Waals surface area (Å²) in [6.07, 6.45) is 0. The highest BCUT2D eigenvalue weighted by Gasteiger charge is 2.15. The first-order valence-electron chi connectivity index (χ1n) is 6.03. The lowest BCUT2D eigenvalue weighted by atomic mass is 9.91. The molecule has 0 aliphatic rings. The lowest BCUT2D eigenvalue weighted by Gasteiger charge is -2.15. The highest BCUT2D eigenvalue weighted by molar-refractivity contribution is 7.06. The molecule has 0 amide bonds. The minimum Gasteiger partial charge on any atom is -0.294 e. The van der Waals surface area contributed by atoms with Crippen LogP contribution in [-0.2, 0) is 6.54 Å². The number of aromatic nitrogens is 2. The second-order valence-corrected chi connectivity index (χ2v) is 5.50. The minimum atomic E-state index is -0.0799. The zero-order valence-electron chi connectivity index (χ0n) is 11.5. The van der Waals surface area contributed by atoms with E-state index >= 15 is 0 Å². The summed E-state index contributed by atoms with van der Waals surface area (Å²) in [6.45, 7) is 7.86. The van der Waals surface area contributed by atoms with Gasteiger partial charge in [0.2, 0.25) is 0 Å². The molecule has 0 unspecified atom stereocenters. The molecule has 0 saturated carbocycles. The van der Waals surface area contributed by atoms with Crippen LogP contribution in [0.15, 0.2) is 16.4 Å². The van der Waals surface area contributed by atoms with Crippen molar-refractivity contribution in [2.75, 3.05) is 0 Å². The van der Waals surface area contributed by atoms with Crippen molar-refractivity contribution < 1.29 is 4.79 Å². The standard InChI is InChI=1S/C14H16N2O2S/c1-8-5-9(2)13(11(4)17)10(3)12(8)6-16-14(18)19-7-15-16/h5,7H,6H2,1-4H3. The number of nitrogens with zero attached hydrogens (tertiary/aromatic N) is 2. The Morgan fingerprint density at radius 3 is 2.53 bits per heavy atom. The Balaban J connectivity index is 2.58. The number of aryl methyl sites for hydroxylation is 2. The fourth-order valence-electron chi connectivity index (χ4n) is 2.50. The van der Waals surface area contributed by atoms with Crippen LogP contribution in [0.5, 0.6) is 0 Å². The van der Waals surface area contributed by atoms with E-state index in [1.54, 1.807) is 6.92 Å². The summed E-state index contributed by atoms with van der Waals surface area (Å²) in [5.41, 5.74) is 6.31. The Morgan fingerprint density at radius 2 is 2.00 bits per heavy atom. The quantitative estimate of drug-likeness (QED) is 0.809. The second kappa shape index (κ2) is 5.09. The van der Waals surface area contributed by atoms with Crippen molar-refractivity contribution in [1.29, 1.82) is 0 Å². The van der Waals surface area contributed by atoms with Gasteiger partial charge in [0.25, 0.3) is 0 Å². The average Bonchev–Trinajstić information content (AvgIpc) is 2.69. The van der Waals surface area contributed by atoms with Gasteiger partial charge in [0.15, 0.2) is 5.78 Å². The van der Waals surface area contributed by atoms with Crippen molar-refractivity contribution in [3.8, 4) is 0 Å². The lowest BCUT2D eigenvalue weighted by molar-refractivity contribution is 0.101. The molecule has 0 fully saturated rings. The molecule has 1 heterocycles. The van der Waals surface area contributed by atoms with Gasteiger partial charge in [0, 0.05) is 5.56 Å². The van der Waals surface area contributed by atoms with E-state index in [1.807, 2.05) is 26.8 Å². The Hall–Kier alpha value is -1.75. The van der Waals surface area contributed by atoms with E-state index in [-0.39, 0.29) is 10.7 Å². The molecule has 1 aromatic carbocycles. The second-order valence-electron chi connectivity index (χ2n) is 4.71. The maximum absolute atomic E-state index is 11.7. The molecule has 0 radical (unpaired) electrons. The molecule has 19 heavy (non-hydrogen) atoms. The largest absolute Gasteiger partial charge is 0.325 e. The lowest BCUT2D eigenvalue weighted by Crippen LogP contribution is -2.18. The Morgan fingerprint density at radius 1 is 1.32 bits per heavy atom. The number of carbonyl (C=O) groups is 1. The van der Waals surface area contributed by atoms with Gasteiger partial charge in [-0.15, -0.1) is 0 Å². The summed E-state index contributed by atoms with van der Waals surface area (Å²) in [5.74, 6) is 0.0573. The smallest absolute Gasteiger partial charge is 0.294 e. The van der Waals surface area contributed by atoms with Crippen molar-refractivity contribution >= 4 is 17.1 Å². The van der Waals surface area contributed by atoms with Crippen LogP contribution >= 0.6 is 11.3 Å². The van der Waals surface area contributed by atoms with Crippen LogP contribution in [0.25, 0.3) is 0 Å². The molecule has 0 aliphatic carbocycles. The molecule has 0 atom stereocenters. The summed E-state index contributed by atoms with van der Waals surface area (Å²) in [6, 6.07) is 2.00. The predicted molar refractivity (Wildman–Crippen MR) is 76.1 cm³/mol. The first-order valence-corrected chi connectivity index (χ1v) is 6.91. The Labute approximate surface area is 115 Å². The number of ketones is 1. The maximum Gasteiger partial charge on any atom is 0.325 e. The van der Waals surface area contributed by atoms with E-state index < -0.39 is 0 Å². The highest BCUT2D eigenvalue weighted by Crippen LogP contribution is 2.23. The molecular formula is C14H16N2O2S. The van der Waals surface area contributed by atoms with Crippen LogP contribution in [0, 0.1) is 20.8 Å². The van der Waals surface area contributed by atoms with Gasteiger partial charge in [-0.2, -0.15) is 5.10 Å². The highest BCUT2D eigenvalue weighted by atomic mass is 32.1. The normalized spacial score (nSPS) is 10.7. The summed E-state index contributed by atoms with van der Waals surface area (Å²) < 4.78 is 1.43. The average molecular weight is 276 g/mol. The number of carbonyl (C=O) groups excluding carboxylic acids is 1. The predicted octanol–water partition coefficient (Wildman–Crippen LogP) is 2.48. The number of hydrogen-bond donors (Lipinski definition) is 0. The van der Waals surface area contributed by atoms with Gasteiger partial charge in [0.1, 0.15) is 5.51 Å². The molecular weight excluding hydrogens is 260 g/mol. The molecule has 2 rings (SSSR count). The molecule has 0 spiro atoms. The van der Waals surface area contributed by atoms with Gasteiger partial charge in [-0.25, -0.2) is 4.68 Å². The number of rotatable bonds is 3. The van der Waals surface area contributed by atoms with Gasteiger partial charge < -0.3 is 0 Å². The topological polar surface area (TPSA) is 52.0 Å². The van der Waals surface area contributed by atoms with E-state index in [1.165, 1.54) is 10.2 Å². The van der Waals surface area contributed by atoms with Crippen LogP contribution in [0.2, 0.25) is 0 Å². The van der Waals surface area contributed by atoms with Gasteiger partial charge >= 0.3 is 4.87 Å². The van der Waals surface area contributed by atoms with Gasteiger partial charge in [-0.3, -0.25) is 9.59 Å². The van der Waals surface area contributed by atoms with Crippen molar-refractivity contribution in [3.63, 3.8) is 0 Å². The third-order valence-corrected chi connectivity index (χ3v) is 3.95. The van der Waals surface area contributed by atoms with Gasteiger partial charge in [0.05, 0.1) is 6.54 Å². The first kappa shape index (κ1) is 13.7. The monoisotopic (exact) mass is 276 g/mol. The number of Topliss-reactive ketones (excluding diaryl/α,β-unsaturated/α-hetero) is 1. The zero-order valence-corrected chi connectivity index (χ0v) is 12.3. The molecule has 0 aliphatic heterocycles. The third kappa shape index (κ3) is 2.51. The van der Waals surface area contributed by atoms with Crippen LogP contribution < -0.4 is 4.87 Å². The third-order valence-electron chi connectivity index (χ3n) is 3.34. The van der Waals surface area contributed by atoms with E-state index in [9.17, 15) is 9.59 Å². The SMILES string of the molecule is CC(=O)c1c(C)cc(C)c(Cn2ncsc2=O)c1C. The van der Waals surface area contributed by atoms with Crippen LogP contribution in [-0.4, -0.2) is 15.6 Å². The summed E-state index contributed by atoms with van der Waals surface area (Å²) >= 11 is 1.08. The van der Waals surface area contributed by atoms with Crippen molar-refractivity contribution in [2.24, 2.45) is 0 Å². The molecule has 5 heteroatoms. The molecule has 2 aromatic rings. The molecule has 0 N–H and O–H groups in total. The first-order chi connectivity index (χ1) is 8.91. The van der Waals surface area contributed by atoms with E-state index in [2.05, 4.69) is 5.10 Å². The Kier molecular flexibility index (Phi) is 3.66. The van der Waals surface area contributed by atoms with Crippen molar-refractivity contribution in [1.82, 2.24) is 9.78 Å². The fraction of sp³-hybridized carbons (Fsp3) is 0.357. The van der Waals surface area contributed by atoms with Gasteiger partial charge in [-0.05, 0) is 49.9 Å². The fourth-order valence-corrected chi connectivity index (χ4v) is 2.98. The van der Waals surface area contributed by atoms with Crippen LogP contribution in [0.1, 0.15) is 39.5 Å².